The molecule has 9 rings (SSSR count). The van der Waals surface area contributed by atoms with E-state index in [0.29, 0.717) is 19.3 Å². The van der Waals surface area contributed by atoms with Gasteiger partial charge in [-0.15, -0.1) is 0 Å². The smallest absolute Gasteiger partial charge is 0.303 e. The summed E-state index contributed by atoms with van der Waals surface area (Å²) in [7, 11) is 1.67. The minimum atomic E-state index is -1.98. The van der Waals surface area contributed by atoms with Gasteiger partial charge in [-0.1, -0.05) is 39.3 Å². The second-order valence-electron chi connectivity index (χ2n) is 25.9. The number of ether oxygens (including phenoxy) is 13. The number of methoxy groups -OCH3 is 1. The molecule has 0 aromatic carbocycles. The highest BCUT2D eigenvalue weighted by molar-refractivity contribution is 5.68. The average Bonchev–Trinajstić information content (AvgIpc) is 1.64. The number of esters is 3. The van der Waals surface area contributed by atoms with Crippen molar-refractivity contribution >= 4 is 17.9 Å². The third-order valence-electron chi connectivity index (χ3n) is 20.7. The lowest BCUT2D eigenvalue weighted by molar-refractivity contribution is -0.388. The number of carbonyl (C=O) groups is 3. The van der Waals surface area contributed by atoms with Gasteiger partial charge in [0, 0.05) is 52.1 Å². The van der Waals surface area contributed by atoms with Crippen LogP contribution in [0.5, 0.6) is 0 Å². The molecule has 32 atom stereocenters. The van der Waals surface area contributed by atoms with E-state index in [1.165, 1.54) is 6.92 Å². The van der Waals surface area contributed by atoms with Crippen LogP contribution in [-0.4, -0.2) is 255 Å². The van der Waals surface area contributed by atoms with Gasteiger partial charge in [-0.25, -0.2) is 0 Å². The van der Waals surface area contributed by atoms with Crippen LogP contribution in [0.2, 0.25) is 0 Å². The third kappa shape index (κ3) is 12.7. The molecular weight excluding hydrogens is 1130 g/mol. The fourth-order valence-corrected chi connectivity index (χ4v) is 16.2. The van der Waals surface area contributed by atoms with Crippen molar-refractivity contribution < 1.29 is 132 Å². The van der Waals surface area contributed by atoms with E-state index in [1.807, 2.05) is 6.92 Å². The first-order valence-electron chi connectivity index (χ1n) is 30.1. The summed E-state index contributed by atoms with van der Waals surface area (Å²) in [5.41, 5.74) is 0.0158. The molecule has 0 aromatic heterocycles. The van der Waals surface area contributed by atoms with Crippen LogP contribution in [0.3, 0.4) is 0 Å². The monoisotopic (exact) mass is 1220 g/mol. The van der Waals surface area contributed by atoms with Crippen LogP contribution in [0.25, 0.3) is 0 Å². The third-order valence-corrected chi connectivity index (χ3v) is 20.7. The molecule has 0 spiro atoms. The summed E-state index contributed by atoms with van der Waals surface area (Å²) in [6, 6.07) is 0. The lowest BCUT2D eigenvalue weighted by atomic mass is 9.46. The standard InChI is InChI=1S/C58H92O27/c1-23(21-75-52-45(70)43(68)41(66)35(19-59)79-52)12-15-58(73-9)24(2)39-34(85-58)18-33-31-11-10-29-16-30(64)17-38(57(29,8)32(31)13-14-56(33,39)7)82-55-51(50(78-28(6)63)48(77-27(5)62)37(81-55)22-74-26(4)61)84-54-47(72)49(40(65)25(3)76-54)83-53-46(71)44(69)42(67)36(20-60)80-53/h10,23-25,30-55,59-60,64-72H,11-22H2,1-9H3/t23-,24+,25+,30-,31-,32+,33+,34+,35-,36-,37-,38-,39+,40+,41-,42-,43+,44+,45-,46-,47-,48+,49-,50+,51-,52-,53+,54+,55+,56+,57+,58-/m1/s1. The molecule has 11 N–H and O–H groups in total. The summed E-state index contributed by atoms with van der Waals surface area (Å²) in [5, 5.41) is 118. The summed E-state index contributed by atoms with van der Waals surface area (Å²) < 4.78 is 80.0. The fourth-order valence-electron chi connectivity index (χ4n) is 16.2. The van der Waals surface area contributed by atoms with Gasteiger partial charge >= 0.3 is 17.9 Å². The number of rotatable bonds is 19. The van der Waals surface area contributed by atoms with Crippen LogP contribution in [-0.2, 0) is 76.0 Å². The van der Waals surface area contributed by atoms with Crippen LogP contribution in [0.4, 0.5) is 0 Å². The Morgan fingerprint density at radius 3 is 1.89 bits per heavy atom. The molecule has 3 saturated carbocycles. The predicted molar refractivity (Wildman–Crippen MR) is 285 cm³/mol. The van der Waals surface area contributed by atoms with E-state index in [2.05, 4.69) is 26.8 Å². The van der Waals surface area contributed by atoms with E-state index in [1.54, 1.807) is 7.11 Å². The summed E-state index contributed by atoms with van der Waals surface area (Å²) >= 11 is 0. The van der Waals surface area contributed by atoms with Crippen molar-refractivity contribution in [1.29, 1.82) is 0 Å². The van der Waals surface area contributed by atoms with Crippen molar-refractivity contribution in [1.82, 2.24) is 0 Å². The Hall–Kier alpha value is -2.69. The van der Waals surface area contributed by atoms with Gasteiger partial charge in [-0.2, -0.15) is 0 Å². The second kappa shape index (κ2) is 26.6. The van der Waals surface area contributed by atoms with Gasteiger partial charge in [0.1, 0.15) is 79.9 Å². The van der Waals surface area contributed by atoms with E-state index in [4.69, 9.17) is 61.6 Å². The van der Waals surface area contributed by atoms with Gasteiger partial charge in [-0.3, -0.25) is 14.4 Å². The Labute approximate surface area is 493 Å². The molecule has 0 aromatic rings. The minimum absolute atomic E-state index is 0.0158. The van der Waals surface area contributed by atoms with E-state index >= 15 is 0 Å². The highest BCUT2D eigenvalue weighted by atomic mass is 16.8. The maximum Gasteiger partial charge on any atom is 0.303 e. The van der Waals surface area contributed by atoms with E-state index in [9.17, 15) is 70.6 Å². The summed E-state index contributed by atoms with van der Waals surface area (Å²) in [6.07, 6.45) is -26.9. The lowest BCUT2D eigenvalue weighted by Crippen LogP contribution is -2.67. The SMILES string of the molecule is CO[C@]1(CC[C@@H](C)CO[C@@H]2O[C@H](CO)[C@@H](O)[C@H](O)[C@H]2O)O[C@H]2C[C@H]3[C@@H]4CC=C5C[C@@H](O)C[C@@H](O[C@@H]6O[C@H](COC(C)=O)[C@H](OC(C)=O)[C@H](OC(C)=O)[C@H]6O[C@@H]6O[C@@H](C)[C@H](O)[C@@H](O[C@@H]7O[C@H](CO)[C@@H](O)[C@H](O)[C@H]7O)[C@H]6O)[C@]5(C)[C@H]4CC[C@]3(C)[C@H]2[C@@H]1C. The van der Waals surface area contributed by atoms with Gasteiger partial charge < -0.3 is 118 Å². The van der Waals surface area contributed by atoms with E-state index in [0.717, 1.165) is 52.0 Å². The van der Waals surface area contributed by atoms with Gasteiger partial charge in [0.25, 0.3) is 0 Å². The molecule has 5 saturated heterocycles. The van der Waals surface area contributed by atoms with Crippen LogP contribution < -0.4 is 0 Å². The number of carbonyl (C=O) groups excluding carboxylic acids is 3. The summed E-state index contributed by atoms with van der Waals surface area (Å²) in [4.78, 5) is 38.5. The van der Waals surface area contributed by atoms with Gasteiger partial charge in [-0.05, 0) is 80.5 Å². The van der Waals surface area contributed by atoms with Crippen molar-refractivity contribution in [2.45, 2.75) is 254 Å². The van der Waals surface area contributed by atoms with Crippen LogP contribution in [0, 0.1) is 46.3 Å². The molecule has 27 heteroatoms. The van der Waals surface area contributed by atoms with Crippen LogP contribution in [0.1, 0.15) is 107 Å². The van der Waals surface area contributed by atoms with Gasteiger partial charge in [0.15, 0.2) is 49.3 Å². The molecule has 5 aliphatic heterocycles. The normalized spacial score (nSPS) is 50.0. The predicted octanol–water partition coefficient (Wildman–Crippen LogP) is -1.67. The van der Waals surface area contributed by atoms with Crippen molar-refractivity contribution in [2.75, 3.05) is 33.5 Å². The molecule has 0 bridgehead atoms. The lowest BCUT2D eigenvalue weighted by Gasteiger charge is -2.60. The van der Waals surface area contributed by atoms with Crippen LogP contribution >= 0.6 is 0 Å². The quantitative estimate of drug-likeness (QED) is 0.0391. The highest BCUT2D eigenvalue weighted by Crippen LogP contribution is 2.71. The Bertz CT molecular complexity index is 2330. The molecule has 4 aliphatic carbocycles. The van der Waals surface area contributed by atoms with Crippen molar-refractivity contribution in [3.63, 3.8) is 0 Å². The zero-order valence-electron chi connectivity index (χ0n) is 49.8. The first kappa shape index (κ1) is 66.7. The zero-order chi connectivity index (χ0) is 61.9. The molecule has 27 nitrogen and oxygen atoms in total. The average molecular weight is 1220 g/mol. The molecule has 0 unspecified atom stereocenters. The highest BCUT2D eigenvalue weighted by Gasteiger charge is 2.70. The Morgan fingerprint density at radius 1 is 0.671 bits per heavy atom. The molecular formula is C58H92O27. The number of hydrogen-bond donors (Lipinski definition) is 11. The zero-order valence-corrected chi connectivity index (χ0v) is 49.8. The van der Waals surface area contributed by atoms with Gasteiger partial charge in [0.05, 0.1) is 44.2 Å². The molecule has 0 amide bonds. The first-order chi connectivity index (χ1) is 40.1. The Balaban J connectivity index is 0.964. The maximum atomic E-state index is 13.2. The molecule has 486 valence electrons. The Morgan fingerprint density at radius 2 is 1.27 bits per heavy atom. The van der Waals surface area contributed by atoms with Crippen molar-refractivity contribution in [2.24, 2.45) is 46.3 Å². The summed E-state index contributed by atoms with van der Waals surface area (Å²) in [5.74, 6) is -3.06. The molecule has 5 heterocycles. The number of hydrogen-bond acceptors (Lipinski definition) is 27. The summed E-state index contributed by atoms with van der Waals surface area (Å²) in [6.45, 7) is 11.7. The van der Waals surface area contributed by atoms with E-state index in [-0.39, 0.29) is 60.1 Å². The van der Waals surface area contributed by atoms with Gasteiger partial charge in [0.2, 0.25) is 0 Å². The van der Waals surface area contributed by atoms with Crippen LogP contribution in [0.15, 0.2) is 11.6 Å². The molecule has 9 aliphatic rings. The number of aliphatic hydroxyl groups is 11. The maximum absolute atomic E-state index is 13.2. The topological polar surface area (TPSA) is 394 Å². The number of fused-ring (bicyclic) bond motifs is 7. The number of aliphatic hydroxyl groups excluding tert-OH is 11. The molecule has 0 radical (unpaired) electrons. The van der Waals surface area contributed by atoms with Crippen molar-refractivity contribution in [3.8, 4) is 0 Å². The minimum Gasteiger partial charge on any atom is -0.463 e. The molecule has 85 heavy (non-hydrogen) atoms. The Kier molecular flexibility index (Phi) is 20.9. The number of allylic oxidation sites excluding steroid dienone is 1. The molecule has 8 fully saturated rings. The largest absolute Gasteiger partial charge is 0.463 e. The first-order valence-corrected chi connectivity index (χ1v) is 30.1. The fraction of sp³-hybridized carbons (Fsp3) is 0.914. The van der Waals surface area contributed by atoms with Crippen molar-refractivity contribution in [3.05, 3.63) is 11.6 Å². The second-order valence-corrected chi connectivity index (χ2v) is 25.9. The van der Waals surface area contributed by atoms with E-state index < -0.39 is 184 Å².